The third-order valence-electron chi connectivity index (χ3n) is 5.59. The lowest BCUT2D eigenvalue weighted by atomic mass is 10.0. The lowest BCUT2D eigenvalue weighted by Gasteiger charge is -2.28. The molecule has 0 spiro atoms. The van der Waals surface area contributed by atoms with Crippen LogP contribution in [0.2, 0.25) is 0 Å². The van der Waals surface area contributed by atoms with Crippen LogP contribution in [-0.4, -0.2) is 57.4 Å². The number of hydrogen-bond donors (Lipinski definition) is 4. The molecule has 1 saturated heterocycles. The molecule has 1 aliphatic rings. The highest BCUT2D eigenvalue weighted by atomic mass is 16.4. The zero-order chi connectivity index (χ0) is 21.8. The fourth-order valence-corrected chi connectivity index (χ4v) is 4.11. The van der Waals surface area contributed by atoms with Crippen molar-refractivity contribution in [3.63, 3.8) is 0 Å². The van der Waals surface area contributed by atoms with Crippen molar-refractivity contribution in [1.82, 2.24) is 15.2 Å². The predicted octanol–water partition coefficient (Wildman–Crippen LogP) is 1.64. The van der Waals surface area contributed by atoms with Crippen molar-refractivity contribution in [3.8, 4) is 0 Å². The number of aromatic nitrogens is 1. The summed E-state index contributed by atoms with van der Waals surface area (Å²) in [7, 11) is 0. The van der Waals surface area contributed by atoms with Gasteiger partial charge in [-0.15, -0.1) is 0 Å². The number of fused-ring (bicyclic) bond motifs is 1. The van der Waals surface area contributed by atoms with Gasteiger partial charge >= 0.3 is 5.97 Å². The molecule has 30 heavy (non-hydrogen) atoms. The number of carbonyl (C=O) groups is 3. The summed E-state index contributed by atoms with van der Waals surface area (Å²) in [5.74, 6) is -1.53. The molecule has 1 aromatic heterocycles. The highest BCUT2D eigenvalue weighted by Gasteiger charge is 2.37. The molecule has 8 heteroatoms. The van der Waals surface area contributed by atoms with E-state index in [1.165, 1.54) is 4.90 Å². The lowest BCUT2D eigenvalue weighted by molar-refractivity contribution is -0.144. The largest absolute Gasteiger partial charge is 0.480 e. The highest BCUT2D eigenvalue weighted by Crippen LogP contribution is 2.22. The number of likely N-dealkylation sites (tertiary alicyclic amines) is 1. The number of aliphatic carboxylic acids is 1. The topological polar surface area (TPSA) is 129 Å². The average molecular weight is 415 g/mol. The van der Waals surface area contributed by atoms with E-state index in [1.807, 2.05) is 38.1 Å². The van der Waals surface area contributed by atoms with E-state index in [4.69, 9.17) is 5.73 Å². The van der Waals surface area contributed by atoms with E-state index in [1.54, 1.807) is 6.20 Å². The molecule has 3 rings (SSSR count). The number of nitrogens with two attached hydrogens (primary N) is 1. The fraction of sp³-hybridized carbons (Fsp3) is 0.500. The summed E-state index contributed by atoms with van der Waals surface area (Å²) in [5, 5.41) is 13.2. The monoisotopic (exact) mass is 414 g/mol. The standard InChI is InChI=1S/C22H30N4O4/c1-13(2)10-16(23)21(28)26-9-5-8-19(26)20(27)25-18(22(29)30)11-14-12-24-17-7-4-3-6-15(14)17/h3-4,6-7,12-13,16,18-19,24H,5,8-11,23H2,1-2H3,(H,25,27)(H,29,30)/t16-,18-,19-/m0/s1. The smallest absolute Gasteiger partial charge is 0.326 e. The number of rotatable bonds is 8. The van der Waals surface area contributed by atoms with E-state index in [0.717, 1.165) is 16.5 Å². The predicted molar refractivity (Wildman–Crippen MR) is 114 cm³/mol. The Bertz CT molecular complexity index is 923. The van der Waals surface area contributed by atoms with Gasteiger partial charge in [-0.25, -0.2) is 4.79 Å². The Balaban J connectivity index is 1.70. The molecule has 8 nitrogen and oxygen atoms in total. The van der Waals surface area contributed by atoms with Gasteiger partial charge in [0.25, 0.3) is 0 Å². The molecular formula is C22H30N4O4. The molecule has 2 amide bonds. The maximum absolute atomic E-state index is 12.9. The maximum atomic E-state index is 12.9. The normalized spacial score (nSPS) is 18.5. The Morgan fingerprint density at radius 2 is 2.03 bits per heavy atom. The van der Waals surface area contributed by atoms with E-state index < -0.39 is 30.0 Å². The molecule has 5 N–H and O–H groups in total. The summed E-state index contributed by atoms with van der Waals surface area (Å²) in [4.78, 5) is 42.1. The zero-order valence-corrected chi connectivity index (χ0v) is 17.4. The van der Waals surface area contributed by atoms with Crippen molar-refractivity contribution in [3.05, 3.63) is 36.0 Å². The number of nitrogens with one attached hydrogen (secondary N) is 2. The Morgan fingerprint density at radius 3 is 2.73 bits per heavy atom. The third-order valence-corrected chi connectivity index (χ3v) is 5.59. The Labute approximate surface area is 175 Å². The van der Waals surface area contributed by atoms with Gasteiger partial charge < -0.3 is 26.0 Å². The number of amides is 2. The maximum Gasteiger partial charge on any atom is 0.326 e. The van der Waals surface area contributed by atoms with Crippen LogP contribution in [0.25, 0.3) is 10.9 Å². The van der Waals surface area contributed by atoms with Crippen molar-refractivity contribution >= 4 is 28.7 Å². The van der Waals surface area contributed by atoms with Crippen LogP contribution < -0.4 is 11.1 Å². The Hall–Kier alpha value is -2.87. The van der Waals surface area contributed by atoms with Crippen molar-refractivity contribution in [1.29, 1.82) is 0 Å². The van der Waals surface area contributed by atoms with E-state index >= 15 is 0 Å². The Morgan fingerprint density at radius 1 is 1.30 bits per heavy atom. The summed E-state index contributed by atoms with van der Waals surface area (Å²) in [6.07, 6.45) is 3.66. The molecule has 0 aliphatic carbocycles. The SMILES string of the molecule is CC(C)C[C@H](N)C(=O)N1CCC[C@H]1C(=O)N[C@@H](Cc1c[nH]c2ccccc12)C(=O)O. The average Bonchev–Trinajstić information content (AvgIpc) is 3.33. The molecule has 0 bridgehead atoms. The summed E-state index contributed by atoms with van der Waals surface area (Å²) in [6.45, 7) is 4.44. The van der Waals surface area contributed by atoms with Crippen LogP contribution in [0.4, 0.5) is 0 Å². The second-order valence-corrected chi connectivity index (χ2v) is 8.39. The van der Waals surface area contributed by atoms with Gasteiger partial charge in [0.15, 0.2) is 0 Å². The van der Waals surface area contributed by atoms with Gasteiger partial charge in [0.2, 0.25) is 11.8 Å². The minimum Gasteiger partial charge on any atom is -0.480 e. The first-order chi connectivity index (χ1) is 14.3. The molecule has 0 saturated carbocycles. The van der Waals surface area contributed by atoms with Gasteiger partial charge in [-0.05, 0) is 36.8 Å². The van der Waals surface area contributed by atoms with E-state index in [0.29, 0.717) is 25.8 Å². The minimum atomic E-state index is -1.11. The van der Waals surface area contributed by atoms with Crippen LogP contribution >= 0.6 is 0 Å². The number of para-hydroxylation sites is 1. The second kappa shape index (κ2) is 9.30. The van der Waals surface area contributed by atoms with E-state index in [-0.39, 0.29) is 18.2 Å². The van der Waals surface area contributed by atoms with Crippen LogP contribution in [-0.2, 0) is 20.8 Å². The van der Waals surface area contributed by atoms with Gasteiger partial charge in [0.1, 0.15) is 12.1 Å². The molecule has 1 aliphatic heterocycles. The molecule has 162 valence electrons. The van der Waals surface area contributed by atoms with Gasteiger partial charge in [0, 0.05) is 30.1 Å². The minimum absolute atomic E-state index is 0.151. The van der Waals surface area contributed by atoms with Crippen molar-refractivity contribution in [2.24, 2.45) is 11.7 Å². The summed E-state index contributed by atoms with van der Waals surface area (Å²) < 4.78 is 0. The van der Waals surface area contributed by atoms with Gasteiger partial charge in [-0.2, -0.15) is 0 Å². The van der Waals surface area contributed by atoms with Crippen molar-refractivity contribution in [2.75, 3.05) is 6.54 Å². The number of carboxylic acids is 1. The highest BCUT2D eigenvalue weighted by molar-refractivity contribution is 5.92. The number of H-pyrrole nitrogens is 1. The number of aromatic amines is 1. The van der Waals surface area contributed by atoms with Crippen LogP contribution in [0.5, 0.6) is 0 Å². The number of benzene rings is 1. The van der Waals surface area contributed by atoms with E-state index in [2.05, 4.69) is 10.3 Å². The van der Waals surface area contributed by atoms with Crippen molar-refractivity contribution in [2.45, 2.75) is 57.7 Å². The molecule has 2 aromatic rings. The molecule has 0 radical (unpaired) electrons. The van der Waals surface area contributed by atoms with E-state index in [9.17, 15) is 19.5 Å². The Kier molecular flexibility index (Phi) is 6.77. The molecule has 2 heterocycles. The van der Waals surface area contributed by atoms with Crippen molar-refractivity contribution < 1.29 is 19.5 Å². The first kappa shape index (κ1) is 21.8. The van der Waals surface area contributed by atoms with Crippen LogP contribution in [0.3, 0.4) is 0 Å². The number of carbonyl (C=O) groups excluding carboxylic acids is 2. The fourth-order valence-electron chi connectivity index (χ4n) is 4.11. The van der Waals surface area contributed by atoms with Gasteiger partial charge in [0.05, 0.1) is 6.04 Å². The van der Waals surface area contributed by atoms with Crippen LogP contribution in [0, 0.1) is 5.92 Å². The first-order valence-electron chi connectivity index (χ1n) is 10.4. The van der Waals surface area contributed by atoms with Crippen LogP contribution in [0.1, 0.15) is 38.7 Å². The summed E-state index contributed by atoms with van der Waals surface area (Å²) in [5.41, 5.74) is 7.76. The molecular weight excluding hydrogens is 384 g/mol. The quantitative estimate of drug-likeness (QED) is 0.522. The summed E-state index contributed by atoms with van der Waals surface area (Å²) >= 11 is 0. The summed E-state index contributed by atoms with van der Waals surface area (Å²) in [6, 6.07) is 5.19. The van der Waals surface area contributed by atoms with Gasteiger partial charge in [-0.1, -0.05) is 32.0 Å². The zero-order valence-electron chi connectivity index (χ0n) is 17.4. The van der Waals surface area contributed by atoms with Gasteiger partial charge in [-0.3, -0.25) is 9.59 Å². The number of carboxylic acid groups (broad SMARTS) is 1. The van der Waals surface area contributed by atoms with Crippen LogP contribution in [0.15, 0.2) is 30.5 Å². The third kappa shape index (κ3) is 4.81. The molecule has 3 atom stereocenters. The second-order valence-electron chi connectivity index (χ2n) is 8.39. The molecule has 0 unspecified atom stereocenters. The number of nitrogens with zero attached hydrogens (tertiary/aromatic N) is 1. The number of hydrogen-bond acceptors (Lipinski definition) is 4. The lowest BCUT2D eigenvalue weighted by Crippen LogP contribution is -2.54. The molecule has 1 fully saturated rings. The molecule has 1 aromatic carbocycles. The first-order valence-corrected chi connectivity index (χ1v) is 10.4.